The van der Waals surface area contributed by atoms with Gasteiger partial charge in [0.1, 0.15) is 0 Å². The van der Waals surface area contributed by atoms with Crippen LogP contribution in [-0.2, 0) is 5.41 Å². The van der Waals surface area contributed by atoms with E-state index in [-0.39, 0.29) is 0 Å². The molecule has 0 saturated heterocycles. The van der Waals surface area contributed by atoms with Crippen molar-refractivity contribution in [3.63, 3.8) is 0 Å². The first-order valence-electron chi connectivity index (χ1n) is 20.1. The molecule has 10 aromatic carbocycles. The molecule has 1 nitrogen and oxygen atoms in total. The highest BCUT2D eigenvalue weighted by Crippen LogP contribution is 2.56. The smallest absolute Gasteiger partial charge is 0.0713 e. The minimum atomic E-state index is -0.431. The zero-order valence-electron chi connectivity index (χ0n) is 32.0. The van der Waals surface area contributed by atoms with Crippen molar-refractivity contribution in [2.45, 2.75) is 5.41 Å². The van der Waals surface area contributed by atoms with E-state index >= 15 is 0 Å². The second kappa shape index (κ2) is 13.9. The molecule has 0 unspecified atom stereocenters. The van der Waals surface area contributed by atoms with Gasteiger partial charge in [0.05, 0.1) is 5.41 Å². The lowest BCUT2D eigenvalue weighted by Gasteiger charge is -2.34. The van der Waals surface area contributed by atoms with Gasteiger partial charge in [-0.15, -0.1) is 0 Å². The molecule has 0 spiro atoms. The van der Waals surface area contributed by atoms with Gasteiger partial charge in [0.2, 0.25) is 0 Å². The van der Waals surface area contributed by atoms with Crippen LogP contribution in [0.25, 0.3) is 54.9 Å². The Morgan fingerprint density at radius 1 is 0.276 bits per heavy atom. The van der Waals surface area contributed by atoms with Crippen LogP contribution in [0, 0.1) is 0 Å². The predicted octanol–water partition coefficient (Wildman–Crippen LogP) is 15.2. The Labute approximate surface area is 339 Å². The van der Waals surface area contributed by atoms with Gasteiger partial charge in [0.15, 0.2) is 0 Å². The maximum absolute atomic E-state index is 2.44. The summed E-state index contributed by atoms with van der Waals surface area (Å²) in [5.74, 6) is 0. The molecule has 11 rings (SSSR count). The van der Waals surface area contributed by atoms with E-state index in [1.807, 2.05) is 0 Å². The molecule has 1 aliphatic carbocycles. The van der Waals surface area contributed by atoms with Gasteiger partial charge in [-0.3, -0.25) is 0 Å². The predicted molar refractivity (Wildman–Crippen MR) is 244 cm³/mol. The molecule has 1 aliphatic rings. The van der Waals surface area contributed by atoms with E-state index in [1.165, 1.54) is 77.2 Å². The van der Waals surface area contributed by atoms with Crippen molar-refractivity contribution in [1.29, 1.82) is 0 Å². The van der Waals surface area contributed by atoms with Crippen LogP contribution in [0.1, 0.15) is 22.3 Å². The summed E-state index contributed by atoms with van der Waals surface area (Å²) in [6.07, 6.45) is 0. The Hall–Kier alpha value is -7.48. The van der Waals surface area contributed by atoms with Crippen LogP contribution in [0.5, 0.6) is 0 Å². The van der Waals surface area contributed by atoms with Crippen LogP contribution >= 0.6 is 0 Å². The summed E-state index contributed by atoms with van der Waals surface area (Å²) in [6, 6.07) is 86.6. The monoisotopic (exact) mass is 737 g/mol. The number of anilines is 3. The molecular formula is C57H39N. The molecule has 0 radical (unpaired) electrons. The maximum Gasteiger partial charge on any atom is 0.0713 e. The molecule has 0 aliphatic heterocycles. The Morgan fingerprint density at radius 2 is 0.759 bits per heavy atom. The molecule has 0 atom stereocenters. The van der Waals surface area contributed by atoms with Gasteiger partial charge < -0.3 is 4.90 Å². The third-order valence-electron chi connectivity index (χ3n) is 12.1. The van der Waals surface area contributed by atoms with E-state index in [2.05, 4.69) is 241 Å². The first-order chi connectivity index (χ1) is 28.8. The first-order valence-corrected chi connectivity index (χ1v) is 20.1. The molecule has 0 bridgehead atoms. The average Bonchev–Trinajstić information content (AvgIpc) is 3.61. The minimum absolute atomic E-state index is 0.431. The number of hydrogen-bond donors (Lipinski definition) is 0. The van der Waals surface area contributed by atoms with E-state index in [9.17, 15) is 0 Å². The summed E-state index contributed by atoms with van der Waals surface area (Å²) in [6.45, 7) is 0. The topological polar surface area (TPSA) is 3.24 Å². The van der Waals surface area contributed by atoms with Crippen LogP contribution in [0.15, 0.2) is 237 Å². The molecule has 0 saturated carbocycles. The number of para-hydroxylation sites is 1. The summed E-state index contributed by atoms with van der Waals surface area (Å²) in [4.78, 5) is 2.35. The fourth-order valence-electron chi connectivity index (χ4n) is 9.53. The molecule has 0 heterocycles. The third-order valence-corrected chi connectivity index (χ3v) is 12.1. The van der Waals surface area contributed by atoms with Crippen molar-refractivity contribution in [1.82, 2.24) is 0 Å². The van der Waals surface area contributed by atoms with Gasteiger partial charge in [0, 0.05) is 17.1 Å². The minimum Gasteiger partial charge on any atom is -0.311 e. The van der Waals surface area contributed by atoms with Gasteiger partial charge in [-0.25, -0.2) is 0 Å². The summed E-state index contributed by atoms with van der Waals surface area (Å²) < 4.78 is 0. The Balaban J connectivity index is 0.995. The fourth-order valence-corrected chi connectivity index (χ4v) is 9.53. The molecule has 58 heavy (non-hydrogen) atoms. The third kappa shape index (κ3) is 5.39. The number of nitrogens with zero attached hydrogens (tertiary/aromatic N) is 1. The lowest BCUT2D eigenvalue weighted by Crippen LogP contribution is -2.28. The van der Waals surface area contributed by atoms with Crippen molar-refractivity contribution in [3.05, 3.63) is 259 Å². The Morgan fingerprint density at radius 3 is 1.43 bits per heavy atom. The summed E-state index contributed by atoms with van der Waals surface area (Å²) in [7, 11) is 0. The number of rotatable bonds is 7. The fraction of sp³-hybridized carbons (Fsp3) is 0.0175. The zero-order chi connectivity index (χ0) is 38.5. The first kappa shape index (κ1) is 33.8. The molecule has 0 amide bonds. The van der Waals surface area contributed by atoms with Gasteiger partial charge in [-0.05, 0) is 126 Å². The van der Waals surface area contributed by atoms with E-state index in [0.717, 1.165) is 17.1 Å². The van der Waals surface area contributed by atoms with Crippen LogP contribution in [0.4, 0.5) is 17.1 Å². The highest BCUT2D eigenvalue weighted by Gasteiger charge is 2.46. The normalized spacial score (nSPS) is 12.6. The van der Waals surface area contributed by atoms with E-state index < -0.39 is 5.41 Å². The van der Waals surface area contributed by atoms with Crippen molar-refractivity contribution in [3.8, 4) is 33.4 Å². The van der Waals surface area contributed by atoms with E-state index in [4.69, 9.17) is 0 Å². The number of hydrogen-bond acceptors (Lipinski definition) is 1. The SMILES string of the molecule is c1ccc(N(c2ccc(-c3ccc4c(c3)C(c3ccccc3)(c3ccccc3)c3ccccc3-4)cc2)c2ccc(-c3cc4ccccc4c4ccccc34)cc2)cc1. The molecule has 0 aromatic heterocycles. The molecule has 1 heteroatoms. The van der Waals surface area contributed by atoms with E-state index in [0.29, 0.717) is 0 Å². The standard InChI is InChI=1S/C57H39N/c1-4-17-44(18-5-1)57(45-19-6-2-7-20-45)55-27-15-14-26-52(55)53-37-32-42(39-56(53)57)40-28-33-47(34-29-40)58(46-21-8-3-9-22-46)48-35-30-41(31-36-48)54-38-43-16-10-11-23-49(43)50-24-12-13-25-51(50)54/h1-39H. The highest BCUT2D eigenvalue weighted by atomic mass is 15.1. The molecule has 272 valence electrons. The molecule has 0 fully saturated rings. The van der Waals surface area contributed by atoms with Crippen molar-refractivity contribution in [2.75, 3.05) is 4.90 Å². The Bertz CT molecular complexity index is 3040. The maximum atomic E-state index is 2.44. The largest absolute Gasteiger partial charge is 0.311 e. The molecular weight excluding hydrogens is 699 g/mol. The van der Waals surface area contributed by atoms with Crippen molar-refractivity contribution in [2.24, 2.45) is 0 Å². The highest BCUT2D eigenvalue weighted by molar-refractivity contribution is 6.13. The zero-order valence-corrected chi connectivity index (χ0v) is 32.0. The van der Waals surface area contributed by atoms with E-state index in [1.54, 1.807) is 0 Å². The molecule has 0 N–H and O–H groups in total. The van der Waals surface area contributed by atoms with Gasteiger partial charge >= 0.3 is 0 Å². The Kier molecular flexibility index (Phi) is 8.12. The summed E-state index contributed by atoms with van der Waals surface area (Å²) in [5.41, 5.74) is 15.5. The summed E-state index contributed by atoms with van der Waals surface area (Å²) in [5, 5.41) is 5.09. The second-order valence-electron chi connectivity index (χ2n) is 15.2. The van der Waals surface area contributed by atoms with Gasteiger partial charge in [-0.2, -0.15) is 0 Å². The van der Waals surface area contributed by atoms with Crippen LogP contribution in [0.2, 0.25) is 0 Å². The lowest BCUT2D eigenvalue weighted by molar-refractivity contribution is 0.769. The van der Waals surface area contributed by atoms with Crippen LogP contribution < -0.4 is 4.90 Å². The summed E-state index contributed by atoms with van der Waals surface area (Å²) >= 11 is 0. The molecule has 10 aromatic rings. The number of benzene rings is 10. The average molecular weight is 738 g/mol. The van der Waals surface area contributed by atoms with Crippen molar-refractivity contribution < 1.29 is 0 Å². The van der Waals surface area contributed by atoms with Crippen molar-refractivity contribution >= 4 is 38.6 Å². The van der Waals surface area contributed by atoms with Crippen LogP contribution in [0.3, 0.4) is 0 Å². The van der Waals surface area contributed by atoms with Crippen LogP contribution in [-0.4, -0.2) is 0 Å². The second-order valence-corrected chi connectivity index (χ2v) is 15.2. The number of fused-ring (bicyclic) bond motifs is 6. The van der Waals surface area contributed by atoms with Gasteiger partial charge in [0.25, 0.3) is 0 Å². The quantitative estimate of drug-likeness (QED) is 0.147. The lowest BCUT2D eigenvalue weighted by atomic mass is 9.67. The van der Waals surface area contributed by atoms with Gasteiger partial charge in [-0.1, -0.05) is 188 Å².